The van der Waals surface area contributed by atoms with Crippen molar-refractivity contribution < 1.29 is 127 Å². The summed E-state index contributed by atoms with van der Waals surface area (Å²) < 4.78 is 0. The maximum atomic E-state index is 11.8. The van der Waals surface area contributed by atoms with E-state index in [1.165, 1.54) is 77.0 Å². The summed E-state index contributed by atoms with van der Waals surface area (Å²) in [5.41, 5.74) is 0. The number of carboxylic acid groups (broad SMARTS) is 2. The van der Waals surface area contributed by atoms with Crippen molar-refractivity contribution >= 4 is 17.8 Å². The van der Waals surface area contributed by atoms with E-state index in [1.807, 2.05) is 0 Å². The molecule has 0 aliphatic rings. The van der Waals surface area contributed by atoms with Crippen LogP contribution < -0.4 is 118 Å². The number of hydrogen-bond acceptors (Lipinski definition) is 5. The van der Waals surface area contributed by atoms with Gasteiger partial charge in [-0.3, -0.25) is 4.79 Å². The van der Waals surface area contributed by atoms with Gasteiger partial charge in [0.1, 0.15) is 0 Å². The molecule has 0 saturated carbocycles. The Bertz CT molecular complexity index is 450. The van der Waals surface area contributed by atoms with Crippen molar-refractivity contribution in [3.63, 3.8) is 0 Å². The van der Waals surface area contributed by atoms with Crippen molar-refractivity contribution in [1.82, 2.24) is 5.32 Å². The number of hydrogen-bond donors (Lipinski definition) is 1. The zero-order chi connectivity index (χ0) is 21.7. The van der Waals surface area contributed by atoms with Gasteiger partial charge in [-0.2, -0.15) is 0 Å². The summed E-state index contributed by atoms with van der Waals surface area (Å²) in [5, 5.41) is 23.7. The van der Waals surface area contributed by atoms with Crippen LogP contribution in [0.1, 0.15) is 122 Å². The molecule has 170 valence electrons. The van der Waals surface area contributed by atoms with Crippen LogP contribution in [0.2, 0.25) is 0 Å². The fourth-order valence-electron chi connectivity index (χ4n) is 3.43. The van der Waals surface area contributed by atoms with Crippen LogP contribution in [0.4, 0.5) is 0 Å². The minimum atomic E-state index is -1.46. The molecule has 0 rings (SSSR count). The third-order valence-corrected chi connectivity index (χ3v) is 5.26. The number of carbonyl (C=O) groups excluding carboxylic acids is 3. The van der Waals surface area contributed by atoms with E-state index >= 15 is 0 Å². The van der Waals surface area contributed by atoms with E-state index in [9.17, 15) is 24.6 Å². The summed E-state index contributed by atoms with van der Waals surface area (Å²) in [7, 11) is 0. The van der Waals surface area contributed by atoms with Gasteiger partial charge in [-0.1, -0.05) is 96.8 Å². The second-order valence-electron chi connectivity index (χ2n) is 8.05. The fourth-order valence-corrected chi connectivity index (χ4v) is 3.43. The standard InChI is InChI=1S/C23H43NO5.2K/c1-2-3-4-5-6-7-8-9-10-11-12-13-14-15-16-17-21(25)24-20(23(28)29)18-19-22(26)27;;/h20H,2-19H2,1H3,(H,24,25)(H,26,27)(H,28,29);;/q;2*+1/p-2. The topological polar surface area (TPSA) is 109 Å². The molecule has 0 aromatic rings. The van der Waals surface area contributed by atoms with Crippen LogP contribution >= 0.6 is 0 Å². The monoisotopic (exact) mass is 489 g/mol. The van der Waals surface area contributed by atoms with Crippen molar-refractivity contribution in [3.8, 4) is 0 Å². The van der Waals surface area contributed by atoms with Crippen LogP contribution in [-0.2, 0) is 14.4 Å². The average molecular weight is 490 g/mol. The van der Waals surface area contributed by atoms with E-state index in [0.29, 0.717) is 6.42 Å². The Morgan fingerprint density at radius 1 is 0.645 bits per heavy atom. The molecule has 0 aliphatic carbocycles. The van der Waals surface area contributed by atoms with Gasteiger partial charge in [0.15, 0.2) is 0 Å². The molecule has 0 aromatic heterocycles. The van der Waals surface area contributed by atoms with Crippen LogP contribution in [0.3, 0.4) is 0 Å². The number of amides is 1. The summed E-state index contributed by atoms with van der Waals surface area (Å²) >= 11 is 0. The van der Waals surface area contributed by atoms with Crippen LogP contribution in [0, 0.1) is 0 Å². The van der Waals surface area contributed by atoms with Crippen LogP contribution in [0.25, 0.3) is 0 Å². The predicted octanol–water partition coefficient (Wildman–Crippen LogP) is -2.98. The Balaban J connectivity index is -0.00000392. The number of carbonyl (C=O) groups is 3. The molecule has 0 bridgehead atoms. The molecule has 0 fully saturated rings. The molecule has 31 heavy (non-hydrogen) atoms. The summed E-state index contributed by atoms with van der Waals surface area (Å²) in [4.78, 5) is 33.1. The molecule has 6 nitrogen and oxygen atoms in total. The molecule has 0 heterocycles. The molecule has 0 radical (unpaired) electrons. The number of carboxylic acids is 2. The Kier molecular flexibility index (Phi) is 33.5. The number of unbranched alkanes of at least 4 members (excludes halogenated alkanes) is 14. The molecular formula is C23H41K2NO5. The molecule has 0 aliphatic heterocycles. The minimum absolute atomic E-state index is 0. The largest absolute Gasteiger partial charge is 1.00 e. The molecule has 8 heteroatoms. The fraction of sp³-hybridized carbons (Fsp3) is 0.870. The van der Waals surface area contributed by atoms with Gasteiger partial charge in [0.2, 0.25) is 5.91 Å². The Morgan fingerprint density at radius 3 is 1.39 bits per heavy atom. The molecule has 0 spiro atoms. The Labute approximate surface area is 274 Å². The van der Waals surface area contributed by atoms with Crippen molar-refractivity contribution in [3.05, 3.63) is 0 Å². The summed E-state index contributed by atoms with van der Waals surface area (Å²) in [5.74, 6) is -3.17. The Morgan fingerprint density at radius 2 is 1.03 bits per heavy atom. The first-order chi connectivity index (χ1) is 14.0. The van der Waals surface area contributed by atoms with Crippen LogP contribution in [-0.4, -0.2) is 23.9 Å². The summed E-state index contributed by atoms with van der Waals surface area (Å²) in [6, 6.07) is -1.27. The summed E-state index contributed by atoms with van der Waals surface area (Å²) in [6.45, 7) is 2.25. The molecule has 1 amide bonds. The second-order valence-corrected chi connectivity index (χ2v) is 8.05. The van der Waals surface area contributed by atoms with E-state index < -0.39 is 24.4 Å². The second kappa shape index (κ2) is 27.9. The van der Waals surface area contributed by atoms with E-state index in [1.54, 1.807) is 0 Å². The van der Waals surface area contributed by atoms with Gasteiger partial charge in [-0.25, -0.2) is 0 Å². The zero-order valence-electron chi connectivity index (χ0n) is 20.3. The Hall–Kier alpha value is 1.68. The third-order valence-electron chi connectivity index (χ3n) is 5.26. The first-order valence-corrected chi connectivity index (χ1v) is 11.7. The average Bonchev–Trinajstić information content (AvgIpc) is 2.67. The molecular weight excluding hydrogens is 448 g/mol. The van der Waals surface area contributed by atoms with Gasteiger partial charge in [0, 0.05) is 12.4 Å². The number of aliphatic carboxylic acids is 2. The zero-order valence-corrected chi connectivity index (χ0v) is 26.6. The smallest absolute Gasteiger partial charge is 0.550 e. The van der Waals surface area contributed by atoms with Crippen molar-refractivity contribution in [2.24, 2.45) is 0 Å². The predicted molar refractivity (Wildman–Crippen MR) is 111 cm³/mol. The van der Waals surface area contributed by atoms with Crippen LogP contribution in [0.5, 0.6) is 0 Å². The number of rotatable bonds is 21. The first-order valence-electron chi connectivity index (χ1n) is 11.7. The molecule has 1 N–H and O–H groups in total. The minimum Gasteiger partial charge on any atom is -0.550 e. The van der Waals surface area contributed by atoms with Crippen LogP contribution in [0.15, 0.2) is 0 Å². The molecule has 0 aromatic carbocycles. The quantitative estimate of drug-likeness (QED) is 0.137. The molecule has 1 unspecified atom stereocenters. The maximum Gasteiger partial charge on any atom is 1.00 e. The maximum absolute atomic E-state index is 11.8. The van der Waals surface area contributed by atoms with E-state index in [2.05, 4.69) is 12.2 Å². The normalized spacial score (nSPS) is 11.1. The van der Waals surface area contributed by atoms with Gasteiger partial charge in [-0.15, -0.1) is 0 Å². The molecule has 0 saturated heterocycles. The van der Waals surface area contributed by atoms with Gasteiger partial charge >= 0.3 is 103 Å². The van der Waals surface area contributed by atoms with Gasteiger partial charge < -0.3 is 25.1 Å². The van der Waals surface area contributed by atoms with Crippen molar-refractivity contribution in [2.75, 3.05) is 0 Å². The van der Waals surface area contributed by atoms with Gasteiger partial charge in [0.25, 0.3) is 0 Å². The van der Waals surface area contributed by atoms with E-state index in [-0.39, 0.29) is 122 Å². The SMILES string of the molecule is CCCCCCCCCCCCCCCCCC(=O)NC(CCC(=O)[O-])C(=O)[O-].[K+].[K+]. The van der Waals surface area contributed by atoms with Gasteiger partial charge in [0.05, 0.1) is 12.0 Å². The van der Waals surface area contributed by atoms with Gasteiger partial charge in [-0.05, 0) is 19.3 Å². The summed E-state index contributed by atoms with van der Waals surface area (Å²) in [6.07, 6.45) is 18.3. The van der Waals surface area contributed by atoms with Crippen molar-refractivity contribution in [2.45, 2.75) is 129 Å². The third kappa shape index (κ3) is 27.8. The number of nitrogens with one attached hydrogen (secondary N) is 1. The van der Waals surface area contributed by atoms with Crippen molar-refractivity contribution in [1.29, 1.82) is 0 Å². The van der Waals surface area contributed by atoms with E-state index in [0.717, 1.165) is 12.8 Å². The first kappa shape index (κ1) is 37.2. The van der Waals surface area contributed by atoms with E-state index in [4.69, 9.17) is 0 Å². The molecule has 1 atom stereocenters.